The van der Waals surface area contributed by atoms with Crippen molar-refractivity contribution in [2.75, 3.05) is 7.05 Å². The summed E-state index contributed by atoms with van der Waals surface area (Å²) >= 11 is 13.1. The molecule has 0 aliphatic rings. The Kier molecular flexibility index (Phi) is 5.61. The van der Waals surface area contributed by atoms with Crippen molar-refractivity contribution in [3.05, 3.63) is 67.3 Å². The van der Waals surface area contributed by atoms with Gasteiger partial charge in [0, 0.05) is 25.6 Å². The van der Waals surface area contributed by atoms with E-state index in [-0.39, 0.29) is 11.9 Å². The molecule has 2 aromatic rings. The topological polar surface area (TPSA) is 12.0 Å². The predicted octanol–water partition coefficient (Wildman–Crippen LogP) is 5.51. The molecule has 0 heterocycles. The van der Waals surface area contributed by atoms with Gasteiger partial charge in [-0.05, 0) is 49.4 Å². The molecule has 5 heteroatoms. The SMILES string of the molecule is CNC(Cc1c(F)cccc1Cl)c1cc(Br)ccc1Br. The van der Waals surface area contributed by atoms with Gasteiger partial charge in [0.1, 0.15) is 5.82 Å². The van der Waals surface area contributed by atoms with Gasteiger partial charge < -0.3 is 5.32 Å². The highest BCUT2D eigenvalue weighted by Crippen LogP contribution is 2.31. The van der Waals surface area contributed by atoms with Gasteiger partial charge in [-0.15, -0.1) is 0 Å². The Morgan fingerprint density at radius 3 is 2.65 bits per heavy atom. The lowest BCUT2D eigenvalue weighted by Crippen LogP contribution is -2.20. The third-order valence-corrected chi connectivity index (χ3v) is 4.72. The van der Waals surface area contributed by atoms with Crippen molar-refractivity contribution in [1.82, 2.24) is 5.32 Å². The van der Waals surface area contributed by atoms with Gasteiger partial charge in [-0.3, -0.25) is 0 Å². The molecule has 1 atom stereocenters. The van der Waals surface area contributed by atoms with Gasteiger partial charge in [-0.1, -0.05) is 49.5 Å². The van der Waals surface area contributed by atoms with Gasteiger partial charge in [0.2, 0.25) is 0 Å². The number of halogens is 4. The van der Waals surface area contributed by atoms with Gasteiger partial charge >= 0.3 is 0 Å². The van der Waals surface area contributed by atoms with Gasteiger partial charge in [0.05, 0.1) is 0 Å². The molecule has 0 aliphatic heterocycles. The zero-order valence-electron chi connectivity index (χ0n) is 10.8. The molecule has 0 aromatic heterocycles. The van der Waals surface area contributed by atoms with Crippen LogP contribution in [0.3, 0.4) is 0 Å². The predicted molar refractivity (Wildman–Crippen MR) is 88.8 cm³/mol. The molecule has 0 bridgehead atoms. The van der Waals surface area contributed by atoms with Gasteiger partial charge in [-0.25, -0.2) is 4.39 Å². The Bertz CT molecular complexity index is 599. The van der Waals surface area contributed by atoms with E-state index in [0.29, 0.717) is 17.0 Å². The fourth-order valence-electron chi connectivity index (χ4n) is 2.08. The lowest BCUT2D eigenvalue weighted by molar-refractivity contribution is 0.553. The summed E-state index contributed by atoms with van der Waals surface area (Å²) in [7, 11) is 1.85. The third-order valence-electron chi connectivity index (χ3n) is 3.15. The van der Waals surface area contributed by atoms with Crippen LogP contribution < -0.4 is 5.32 Å². The second-order valence-electron chi connectivity index (χ2n) is 4.41. The number of hydrogen-bond donors (Lipinski definition) is 1. The highest BCUT2D eigenvalue weighted by atomic mass is 79.9. The van der Waals surface area contributed by atoms with Crippen molar-refractivity contribution >= 4 is 43.5 Å². The fraction of sp³-hybridized carbons (Fsp3) is 0.200. The van der Waals surface area contributed by atoms with Crippen molar-refractivity contribution in [3.63, 3.8) is 0 Å². The van der Waals surface area contributed by atoms with Crippen LogP contribution in [0.15, 0.2) is 45.3 Å². The molecule has 0 saturated carbocycles. The lowest BCUT2D eigenvalue weighted by atomic mass is 9.98. The van der Waals surface area contributed by atoms with Crippen LogP contribution in [0, 0.1) is 5.82 Å². The van der Waals surface area contributed by atoms with Crippen molar-refractivity contribution in [2.24, 2.45) is 0 Å². The van der Waals surface area contributed by atoms with E-state index < -0.39 is 0 Å². The molecule has 0 saturated heterocycles. The fourth-order valence-corrected chi connectivity index (χ4v) is 3.22. The summed E-state index contributed by atoms with van der Waals surface area (Å²) in [6, 6.07) is 10.7. The molecule has 1 unspecified atom stereocenters. The molecule has 106 valence electrons. The van der Waals surface area contributed by atoms with Crippen LogP contribution in [-0.4, -0.2) is 7.05 Å². The van der Waals surface area contributed by atoms with Gasteiger partial charge in [-0.2, -0.15) is 0 Å². The molecule has 20 heavy (non-hydrogen) atoms. The molecule has 0 amide bonds. The molecular weight excluding hydrogens is 408 g/mol. The van der Waals surface area contributed by atoms with E-state index in [1.807, 2.05) is 25.2 Å². The number of likely N-dealkylation sites (N-methyl/N-ethyl adjacent to an activating group) is 1. The van der Waals surface area contributed by atoms with Crippen LogP contribution in [-0.2, 0) is 6.42 Å². The summed E-state index contributed by atoms with van der Waals surface area (Å²) in [5.74, 6) is -0.274. The molecule has 0 radical (unpaired) electrons. The van der Waals surface area contributed by atoms with Gasteiger partial charge in [0.15, 0.2) is 0 Å². The van der Waals surface area contributed by atoms with Crippen molar-refractivity contribution < 1.29 is 4.39 Å². The Balaban J connectivity index is 2.36. The van der Waals surface area contributed by atoms with E-state index in [1.165, 1.54) is 6.07 Å². The Labute approximate surface area is 139 Å². The Morgan fingerprint density at radius 1 is 1.25 bits per heavy atom. The third kappa shape index (κ3) is 3.61. The first-order chi connectivity index (χ1) is 9.52. The van der Waals surface area contributed by atoms with Crippen molar-refractivity contribution in [3.8, 4) is 0 Å². The maximum atomic E-state index is 13.9. The molecule has 2 aromatic carbocycles. The molecule has 0 aliphatic carbocycles. The Hall–Kier alpha value is -0.420. The van der Waals surface area contributed by atoms with E-state index in [2.05, 4.69) is 37.2 Å². The second kappa shape index (κ2) is 7.03. The number of benzene rings is 2. The largest absolute Gasteiger partial charge is 0.313 e. The van der Waals surface area contributed by atoms with Crippen molar-refractivity contribution in [1.29, 1.82) is 0 Å². The number of rotatable bonds is 4. The summed E-state index contributed by atoms with van der Waals surface area (Å²) in [4.78, 5) is 0. The molecule has 2 rings (SSSR count). The second-order valence-corrected chi connectivity index (χ2v) is 6.59. The average molecular weight is 422 g/mol. The highest BCUT2D eigenvalue weighted by Gasteiger charge is 2.17. The summed E-state index contributed by atoms with van der Waals surface area (Å²) in [6.07, 6.45) is 0.483. The van der Waals surface area contributed by atoms with E-state index in [4.69, 9.17) is 11.6 Å². The number of nitrogens with one attached hydrogen (secondary N) is 1. The van der Waals surface area contributed by atoms with Gasteiger partial charge in [0.25, 0.3) is 0 Å². The van der Waals surface area contributed by atoms with Crippen LogP contribution in [0.2, 0.25) is 5.02 Å². The van der Waals surface area contributed by atoms with E-state index in [0.717, 1.165) is 14.5 Å². The molecule has 1 nitrogen and oxygen atoms in total. The highest BCUT2D eigenvalue weighted by molar-refractivity contribution is 9.11. The van der Waals surface area contributed by atoms with E-state index in [9.17, 15) is 4.39 Å². The van der Waals surface area contributed by atoms with Crippen LogP contribution in [0.4, 0.5) is 4.39 Å². The smallest absolute Gasteiger partial charge is 0.127 e. The maximum Gasteiger partial charge on any atom is 0.127 e. The van der Waals surface area contributed by atoms with Crippen LogP contribution in [0.25, 0.3) is 0 Å². The summed E-state index contributed by atoms with van der Waals surface area (Å²) in [5.41, 5.74) is 1.58. The quantitative estimate of drug-likeness (QED) is 0.687. The summed E-state index contributed by atoms with van der Waals surface area (Å²) < 4.78 is 15.9. The van der Waals surface area contributed by atoms with Crippen LogP contribution >= 0.6 is 43.5 Å². The van der Waals surface area contributed by atoms with E-state index >= 15 is 0 Å². The first kappa shape index (κ1) is 16.0. The molecule has 1 N–H and O–H groups in total. The Morgan fingerprint density at radius 2 is 2.00 bits per heavy atom. The lowest BCUT2D eigenvalue weighted by Gasteiger charge is -2.19. The zero-order chi connectivity index (χ0) is 14.7. The van der Waals surface area contributed by atoms with Crippen molar-refractivity contribution in [2.45, 2.75) is 12.5 Å². The molecule has 0 spiro atoms. The minimum absolute atomic E-state index is 0.0312. The number of hydrogen-bond acceptors (Lipinski definition) is 1. The molecule has 0 fully saturated rings. The zero-order valence-corrected chi connectivity index (χ0v) is 14.7. The molecular formula is C15H13Br2ClFN. The first-order valence-corrected chi connectivity index (χ1v) is 8.04. The first-order valence-electron chi connectivity index (χ1n) is 6.08. The monoisotopic (exact) mass is 419 g/mol. The average Bonchev–Trinajstić information content (AvgIpc) is 2.42. The van der Waals surface area contributed by atoms with E-state index in [1.54, 1.807) is 12.1 Å². The minimum Gasteiger partial charge on any atom is -0.313 e. The minimum atomic E-state index is -0.274. The van der Waals surface area contributed by atoms with Crippen LogP contribution in [0.1, 0.15) is 17.2 Å². The normalized spacial score (nSPS) is 12.4. The summed E-state index contributed by atoms with van der Waals surface area (Å²) in [6.45, 7) is 0. The van der Waals surface area contributed by atoms with Crippen LogP contribution in [0.5, 0.6) is 0 Å². The maximum absolute atomic E-state index is 13.9. The standard InChI is InChI=1S/C15H13Br2ClFN/c1-20-15(10-7-9(16)5-6-12(10)17)8-11-13(18)3-2-4-14(11)19/h2-7,15,20H,8H2,1H3. The summed E-state index contributed by atoms with van der Waals surface area (Å²) in [5, 5.41) is 3.67.